The van der Waals surface area contributed by atoms with Gasteiger partial charge in [-0.05, 0) is 48.8 Å². The van der Waals surface area contributed by atoms with Crippen LogP contribution in [-0.2, 0) is 6.42 Å². The predicted octanol–water partition coefficient (Wildman–Crippen LogP) is 4.80. The minimum atomic E-state index is 0.234. The molecule has 0 unspecified atom stereocenters. The van der Waals surface area contributed by atoms with Crippen molar-refractivity contribution in [2.75, 3.05) is 0 Å². The number of hydrogen-bond acceptors (Lipinski definition) is 1. The Morgan fingerprint density at radius 2 is 1.86 bits per heavy atom. The molecule has 108 valence electrons. The Bertz CT molecular complexity index is 716. The third-order valence-corrected chi connectivity index (χ3v) is 5.06. The van der Waals surface area contributed by atoms with Crippen molar-refractivity contribution < 1.29 is 4.79 Å². The maximum Gasteiger partial charge on any atom is 0.205 e. The number of ketones is 1. The number of allylic oxidation sites excluding steroid dienone is 2. The van der Waals surface area contributed by atoms with Crippen LogP contribution >= 0.6 is 0 Å². The number of carbonyl (C=O) groups is 1. The van der Waals surface area contributed by atoms with Crippen LogP contribution in [0, 0.1) is 5.92 Å². The zero-order valence-corrected chi connectivity index (χ0v) is 12.3. The summed E-state index contributed by atoms with van der Waals surface area (Å²) < 4.78 is 0. The number of benzene rings is 1. The summed E-state index contributed by atoms with van der Waals surface area (Å²) in [6, 6.07) is 8.25. The van der Waals surface area contributed by atoms with Gasteiger partial charge in [0.05, 0.1) is 5.69 Å². The zero-order chi connectivity index (χ0) is 14.2. The molecule has 0 saturated heterocycles. The van der Waals surface area contributed by atoms with Gasteiger partial charge in [0.15, 0.2) is 0 Å². The predicted molar refractivity (Wildman–Crippen MR) is 85.6 cm³/mol. The molecule has 1 aromatic carbocycles. The lowest BCUT2D eigenvalue weighted by Crippen LogP contribution is -2.15. The Morgan fingerprint density at radius 3 is 2.71 bits per heavy atom. The maximum absolute atomic E-state index is 12.8. The number of Topliss-reactive ketones (excluding diaryl/α,β-unsaturated/α-hetero) is 1. The molecule has 2 heteroatoms. The van der Waals surface area contributed by atoms with Gasteiger partial charge in [-0.3, -0.25) is 4.79 Å². The van der Waals surface area contributed by atoms with Gasteiger partial charge >= 0.3 is 0 Å². The Labute approximate surface area is 125 Å². The highest BCUT2D eigenvalue weighted by atomic mass is 16.1. The Balaban J connectivity index is 1.69. The Hall–Kier alpha value is -1.83. The van der Waals surface area contributed by atoms with Crippen molar-refractivity contribution in [3.63, 3.8) is 0 Å². The Kier molecular flexibility index (Phi) is 3.17. The molecule has 0 aliphatic heterocycles. The molecule has 2 aliphatic rings. The van der Waals surface area contributed by atoms with Crippen LogP contribution in [0.5, 0.6) is 0 Å². The lowest BCUT2D eigenvalue weighted by molar-refractivity contribution is 0.102. The average Bonchev–Trinajstić information content (AvgIpc) is 2.91. The molecule has 4 rings (SSSR count). The molecule has 21 heavy (non-hydrogen) atoms. The maximum atomic E-state index is 12.8. The van der Waals surface area contributed by atoms with E-state index in [1.165, 1.54) is 43.1 Å². The third-order valence-electron chi connectivity index (χ3n) is 5.06. The second-order valence-electron chi connectivity index (χ2n) is 6.44. The topological polar surface area (TPSA) is 32.9 Å². The summed E-state index contributed by atoms with van der Waals surface area (Å²) in [4.78, 5) is 16.1. The molecule has 1 N–H and O–H groups in total. The van der Waals surface area contributed by atoms with E-state index >= 15 is 0 Å². The molecule has 0 bridgehead atoms. The van der Waals surface area contributed by atoms with Crippen molar-refractivity contribution in [2.24, 2.45) is 5.92 Å². The quantitative estimate of drug-likeness (QED) is 0.747. The first kappa shape index (κ1) is 12.9. The highest BCUT2D eigenvalue weighted by Crippen LogP contribution is 2.33. The van der Waals surface area contributed by atoms with Gasteiger partial charge in [-0.2, -0.15) is 0 Å². The molecule has 2 nitrogen and oxygen atoms in total. The summed E-state index contributed by atoms with van der Waals surface area (Å²) in [6.07, 6.45) is 10.7. The Morgan fingerprint density at radius 1 is 1.05 bits per heavy atom. The molecule has 0 radical (unpaired) electrons. The molecule has 2 aliphatic carbocycles. The highest BCUT2D eigenvalue weighted by Gasteiger charge is 2.26. The minimum absolute atomic E-state index is 0.234. The van der Waals surface area contributed by atoms with Gasteiger partial charge in [0, 0.05) is 10.9 Å². The molecular formula is C19H21NO. The number of para-hydroxylation sites is 1. The van der Waals surface area contributed by atoms with Gasteiger partial charge in [-0.1, -0.05) is 43.5 Å². The molecule has 0 spiro atoms. The SMILES string of the molecule is O=C1/C(=C\C2CCCCC2)CCc2c1[nH]c1ccccc21. The third kappa shape index (κ3) is 2.23. The standard InChI is InChI=1S/C19H21NO/c21-19-14(12-13-6-2-1-3-7-13)10-11-16-15-8-4-5-9-17(15)20-18(16)19/h4-5,8-9,12-13,20H,1-3,6-7,10-11H2/b14-12-. The number of hydrogen-bond donors (Lipinski definition) is 1. The van der Waals surface area contributed by atoms with Crippen LogP contribution in [0.15, 0.2) is 35.9 Å². The fourth-order valence-corrected chi connectivity index (χ4v) is 3.93. The minimum Gasteiger partial charge on any atom is -0.352 e. The molecule has 0 atom stereocenters. The van der Waals surface area contributed by atoms with Gasteiger partial charge in [-0.25, -0.2) is 0 Å². The van der Waals surface area contributed by atoms with Crippen LogP contribution in [-0.4, -0.2) is 10.8 Å². The first-order valence-corrected chi connectivity index (χ1v) is 8.18. The van der Waals surface area contributed by atoms with Gasteiger partial charge < -0.3 is 4.98 Å². The van der Waals surface area contributed by atoms with E-state index in [2.05, 4.69) is 23.2 Å². The van der Waals surface area contributed by atoms with Crippen LogP contribution in [0.3, 0.4) is 0 Å². The number of rotatable bonds is 1. The number of carbonyl (C=O) groups excluding carboxylic acids is 1. The van der Waals surface area contributed by atoms with Crippen LogP contribution in [0.4, 0.5) is 0 Å². The van der Waals surface area contributed by atoms with Crippen LogP contribution < -0.4 is 0 Å². The summed E-state index contributed by atoms with van der Waals surface area (Å²) in [5, 5.41) is 1.22. The lowest BCUT2D eigenvalue weighted by atomic mass is 9.83. The first-order chi connectivity index (χ1) is 10.3. The summed E-state index contributed by atoms with van der Waals surface area (Å²) in [5.41, 5.74) is 4.19. The molecule has 1 fully saturated rings. The number of fused-ring (bicyclic) bond motifs is 3. The van der Waals surface area contributed by atoms with E-state index in [0.29, 0.717) is 5.92 Å². The average molecular weight is 279 g/mol. The number of H-pyrrole nitrogens is 1. The van der Waals surface area contributed by atoms with E-state index in [4.69, 9.17) is 0 Å². The van der Waals surface area contributed by atoms with Crippen molar-refractivity contribution in [1.29, 1.82) is 0 Å². The smallest absolute Gasteiger partial charge is 0.205 e. The van der Waals surface area contributed by atoms with Crippen LogP contribution in [0.25, 0.3) is 10.9 Å². The fraction of sp³-hybridized carbons (Fsp3) is 0.421. The first-order valence-electron chi connectivity index (χ1n) is 8.18. The van der Waals surface area contributed by atoms with Gasteiger partial charge in [0.1, 0.15) is 0 Å². The van der Waals surface area contributed by atoms with Gasteiger partial charge in [0.25, 0.3) is 0 Å². The van der Waals surface area contributed by atoms with E-state index in [9.17, 15) is 4.79 Å². The zero-order valence-electron chi connectivity index (χ0n) is 12.3. The fourth-order valence-electron chi connectivity index (χ4n) is 3.93. The summed E-state index contributed by atoms with van der Waals surface area (Å²) in [6.45, 7) is 0. The van der Waals surface area contributed by atoms with Crippen LogP contribution in [0.1, 0.15) is 54.6 Å². The van der Waals surface area contributed by atoms with Crippen molar-refractivity contribution in [1.82, 2.24) is 4.98 Å². The van der Waals surface area contributed by atoms with Crippen molar-refractivity contribution in [3.05, 3.63) is 47.2 Å². The van der Waals surface area contributed by atoms with Crippen molar-refractivity contribution >= 4 is 16.7 Å². The molecule has 1 heterocycles. The molecule has 0 amide bonds. The van der Waals surface area contributed by atoms with Crippen molar-refractivity contribution in [2.45, 2.75) is 44.9 Å². The normalized spacial score (nSPS) is 21.9. The molecule has 1 aromatic heterocycles. The largest absolute Gasteiger partial charge is 0.352 e. The number of nitrogens with one attached hydrogen (secondary N) is 1. The molecule has 1 saturated carbocycles. The van der Waals surface area contributed by atoms with Gasteiger partial charge in [0.2, 0.25) is 5.78 Å². The second kappa shape index (κ2) is 5.18. The number of aromatic nitrogens is 1. The molecule has 2 aromatic rings. The van der Waals surface area contributed by atoms with E-state index in [1.807, 2.05) is 12.1 Å². The van der Waals surface area contributed by atoms with E-state index in [-0.39, 0.29) is 5.78 Å². The van der Waals surface area contributed by atoms with E-state index in [1.54, 1.807) is 0 Å². The second-order valence-corrected chi connectivity index (χ2v) is 6.44. The number of aryl methyl sites for hydroxylation is 1. The van der Waals surface area contributed by atoms with Crippen molar-refractivity contribution in [3.8, 4) is 0 Å². The summed E-state index contributed by atoms with van der Waals surface area (Å²) in [7, 11) is 0. The number of aromatic amines is 1. The molecular weight excluding hydrogens is 258 g/mol. The lowest BCUT2D eigenvalue weighted by Gasteiger charge is -2.21. The highest BCUT2D eigenvalue weighted by molar-refractivity contribution is 6.12. The summed E-state index contributed by atoms with van der Waals surface area (Å²) >= 11 is 0. The van der Waals surface area contributed by atoms with Gasteiger partial charge in [-0.15, -0.1) is 0 Å². The monoisotopic (exact) mass is 279 g/mol. The van der Waals surface area contributed by atoms with Crippen LogP contribution in [0.2, 0.25) is 0 Å². The van der Waals surface area contributed by atoms with E-state index in [0.717, 1.165) is 29.6 Å². The summed E-state index contributed by atoms with van der Waals surface area (Å²) in [5.74, 6) is 0.863. The van der Waals surface area contributed by atoms with E-state index < -0.39 is 0 Å².